The van der Waals surface area contributed by atoms with Crippen molar-refractivity contribution >= 4 is 34.8 Å². The van der Waals surface area contributed by atoms with Gasteiger partial charge in [-0.2, -0.15) is 0 Å². The molecule has 3 aromatic rings. The molecule has 3 rings (SSSR count). The maximum Gasteiger partial charge on any atom is 0.126 e. The molecule has 0 saturated carbocycles. The molecule has 136 valence electrons. The van der Waals surface area contributed by atoms with E-state index in [4.69, 9.17) is 39.5 Å². The van der Waals surface area contributed by atoms with Gasteiger partial charge >= 0.3 is 0 Å². The van der Waals surface area contributed by atoms with E-state index >= 15 is 0 Å². The minimum Gasteiger partial charge on any atom is -0.488 e. The first-order valence-corrected chi connectivity index (χ1v) is 9.55. The number of hydrogen-bond acceptors (Lipinski definition) is 2. The monoisotopic (exact) mass is 408 g/mol. The zero-order chi connectivity index (χ0) is 18.5. The maximum atomic E-state index is 6.21. The lowest BCUT2D eigenvalue weighted by Crippen LogP contribution is -2.11. The second-order valence-electron chi connectivity index (χ2n) is 6.03. The summed E-state index contributed by atoms with van der Waals surface area (Å²) in [5.74, 6) is 0.760. The Morgan fingerprint density at radius 2 is 1.92 bits per heavy atom. The van der Waals surface area contributed by atoms with Crippen LogP contribution in [0.3, 0.4) is 0 Å². The molecule has 6 heteroatoms. The van der Waals surface area contributed by atoms with Crippen LogP contribution in [0.15, 0.2) is 55.1 Å². The van der Waals surface area contributed by atoms with Crippen molar-refractivity contribution in [1.82, 2.24) is 9.55 Å². The second kappa shape index (κ2) is 8.81. The molecule has 0 saturated heterocycles. The van der Waals surface area contributed by atoms with Gasteiger partial charge in [0.1, 0.15) is 12.4 Å². The minimum atomic E-state index is 0.142. The molecule has 1 unspecified atom stereocenters. The minimum absolute atomic E-state index is 0.142. The van der Waals surface area contributed by atoms with Gasteiger partial charge in [-0.3, -0.25) is 0 Å². The summed E-state index contributed by atoms with van der Waals surface area (Å²) in [5, 5.41) is 1.68. The first-order valence-electron chi connectivity index (χ1n) is 8.42. The highest BCUT2D eigenvalue weighted by Crippen LogP contribution is 2.34. The van der Waals surface area contributed by atoms with E-state index in [1.807, 2.05) is 42.9 Å². The lowest BCUT2D eigenvalue weighted by molar-refractivity contribution is 0.298. The SMILES string of the molecule is CCCC(c1ccc(Cl)cc1OCc1ccc(Cl)c(Cl)c1)n1ccnc1. The van der Waals surface area contributed by atoms with Crippen LogP contribution in [-0.2, 0) is 6.61 Å². The highest BCUT2D eigenvalue weighted by molar-refractivity contribution is 6.42. The topological polar surface area (TPSA) is 27.1 Å². The Bertz CT molecular complexity index is 865. The Hall–Kier alpha value is -1.68. The van der Waals surface area contributed by atoms with E-state index < -0.39 is 0 Å². The van der Waals surface area contributed by atoms with Crippen molar-refractivity contribution in [3.8, 4) is 5.75 Å². The van der Waals surface area contributed by atoms with E-state index in [0.717, 1.165) is 29.7 Å². The fourth-order valence-corrected chi connectivity index (χ4v) is 3.37. The Morgan fingerprint density at radius 3 is 2.62 bits per heavy atom. The van der Waals surface area contributed by atoms with Crippen LogP contribution in [0.4, 0.5) is 0 Å². The average Bonchev–Trinajstić information content (AvgIpc) is 3.15. The number of aromatic nitrogens is 2. The van der Waals surface area contributed by atoms with E-state index in [1.165, 1.54) is 0 Å². The molecule has 0 aliphatic carbocycles. The van der Waals surface area contributed by atoms with Crippen LogP contribution in [0.1, 0.15) is 36.9 Å². The molecule has 0 bridgehead atoms. The summed E-state index contributed by atoms with van der Waals surface area (Å²) in [6, 6.07) is 11.4. The quantitative estimate of drug-likeness (QED) is 0.428. The Morgan fingerprint density at radius 1 is 1.08 bits per heavy atom. The van der Waals surface area contributed by atoms with E-state index in [1.54, 1.807) is 12.3 Å². The fourth-order valence-electron chi connectivity index (χ4n) is 2.89. The molecular weight excluding hydrogens is 391 g/mol. The number of imidazole rings is 1. The van der Waals surface area contributed by atoms with Crippen LogP contribution in [0, 0.1) is 0 Å². The van der Waals surface area contributed by atoms with Crippen molar-refractivity contribution in [2.75, 3.05) is 0 Å². The van der Waals surface area contributed by atoms with Crippen molar-refractivity contribution in [2.45, 2.75) is 32.4 Å². The summed E-state index contributed by atoms with van der Waals surface area (Å²) in [5.41, 5.74) is 2.02. The number of halogens is 3. The number of nitrogens with zero attached hydrogens (tertiary/aromatic N) is 2. The van der Waals surface area contributed by atoms with Crippen molar-refractivity contribution in [3.63, 3.8) is 0 Å². The number of benzene rings is 2. The molecule has 0 N–H and O–H groups in total. The van der Waals surface area contributed by atoms with Crippen molar-refractivity contribution in [2.24, 2.45) is 0 Å². The zero-order valence-corrected chi connectivity index (χ0v) is 16.6. The number of hydrogen-bond donors (Lipinski definition) is 0. The molecule has 0 aliphatic heterocycles. The fraction of sp³-hybridized carbons (Fsp3) is 0.250. The highest BCUT2D eigenvalue weighted by atomic mass is 35.5. The molecule has 0 radical (unpaired) electrons. The van der Waals surface area contributed by atoms with Gasteiger partial charge in [0.15, 0.2) is 0 Å². The molecule has 0 fully saturated rings. The molecule has 26 heavy (non-hydrogen) atoms. The predicted molar refractivity (Wildman–Crippen MR) is 108 cm³/mol. The third-order valence-corrected chi connectivity index (χ3v) is 5.13. The first-order chi connectivity index (χ1) is 12.6. The third kappa shape index (κ3) is 4.53. The third-order valence-electron chi connectivity index (χ3n) is 4.16. The van der Waals surface area contributed by atoms with E-state index in [-0.39, 0.29) is 6.04 Å². The van der Waals surface area contributed by atoms with E-state index in [0.29, 0.717) is 21.7 Å². The molecule has 1 aromatic heterocycles. The predicted octanol–water partition coefficient (Wildman–Crippen LogP) is 6.81. The molecule has 0 aliphatic rings. The Balaban J connectivity index is 1.88. The van der Waals surface area contributed by atoms with Crippen LogP contribution in [0.25, 0.3) is 0 Å². The number of rotatable bonds is 7. The normalized spacial score (nSPS) is 12.2. The van der Waals surface area contributed by atoms with E-state index in [2.05, 4.69) is 16.5 Å². The largest absolute Gasteiger partial charge is 0.488 e. The summed E-state index contributed by atoms with van der Waals surface area (Å²) >= 11 is 18.3. The van der Waals surface area contributed by atoms with Gasteiger partial charge in [-0.15, -0.1) is 0 Å². The first kappa shape index (κ1) is 19.1. The van der Waals surface area contributed by atoms with Gasteiger partial charge in [-0.1, -0.05) is 60.3 Å². The summed E-state index contributed by atoms with van der Waals surface area (Å²) in [6.45, 7) is 2.54. The van der Waals surface area contributed by atoms with Crippen molar-refractivity contribution in [3.05, 3.63) is 81.3 Å². The van der Waals surface area contributed by atoms with Crippen LogP contribution < -0.4 is 4.74 Å². The van der Waals surface area contributed by atoms with Gasteiger partial charge in [-0.05, 0) is 36.2 Å². The summed E-state index contributed by atoms with van der Waals surface area (Å²) in [6.07, 6.45) is 7.60. The zero-order valence-electron chi connectivity index (χ0n) is 14.3. The lowest BCUT2D eigenvalue weighted by atomic mass is 10.0. The van der Waals surface area contributed by atoms with Crippen LogP contribution in [0.2, 0.25) is 15.1 Å². The molecule has 1 heterocycles. The van der Waals surface area contributed by atoms with Gasteiger partial charge in [0.2, 0.25) is 0 Å². The smallest absolute Gasteiger partial charge is 0.126 e. The van der Waals surface area contributed by atoms with Gasteiger partial charge in [-0.25, -0.2) is 4.98 Å². The Labute approximate surface area is 168 Å². The second-order valence-corrected chi connectivity index (χ2v) is 7.28. The van der Waals surface area contributed by atoms with E-state index in [9.17, 15) is 0 Å². The van der Waals surface area contributed by atoms with Gasteiger partial charge in [0.05, 0.1) is 22.4 Å². The van der Waals surface area contributed by atoms with Crippen molar-refractivity contribution < 1.29 is 4.74 Å². The highest BCUT2D eigenvalue weighted by Gasteiger charge is 2.18. The average molecular weight is 410 g/mol. The summed E-state index contributed by atoms with van der Waals surface area (Å²) in [4.78, 5) is 4.18. The maximum absolute atomic E-state index is 6.21. The molecule has 1 atom stereocenters. The van der Waals surface area contributed by atoms with Gasteiger partial charge in [0.25, 0.3) is 0 Å². The lowest BCUT2D eigenvalue weighted by Gasteiger charge is -2.22. The summed E-state index contributed by atoms with van der Waals surface area (Å²) in [7, 11) is 0. The summed E-state index contributed by atoms with van der Waals surface area (Å²) < 4.78 is 8.20. The van der Waals surface area contributed by atoms with Crippen LogP contribution in [-0.4, -0.2) is 9.55 Å². The van der Waals surface area contributed by atoms with Gasteiger partial charge in [0, 0.05) is 23.0 Å². The van der Waals surface area contributed by atoms with Crippen LogP contribution >= 0.6 is 34.8 Å². The molecule has 0 amide bonds. The molecule has 3 nitrogen and oxygen atoms in total. The Kier molecular flexibility index (Phi) is 6.47. The molecule has 2 aromatic carbocycles. The standard InChI is InChI=1S/C20H19Cl3N2O/c1-2-3-19(25-9-8-24-13-25)16-6-5-15(21)11-20(16)26-12-14-4-7-17(22)18(23)10-14/h4-11,13,19H,2-3,12H2,1H3. The van der Waals surface area contributed by atoms with Crippen molar-refractivity contribution in [1.29, 1.82) is 0 Å². The van der Waals surface area contributed by atoms with Crippen LogP contribution in [0.5, 0.6) is 5.75 Å². The van der Waals surface area contributed by atoms with Gasteiger partial charge < -0.3 is 9.30 Å². The molecular formula is C20H19Cl3N2O. The number of ether oxygens (including phenoxy) is 1. The molecule has 0 spiro atoms.